The highest BCUT2D eigenvalue weighted by Gasteiger charge is 2.19. The molecule has 116 valence electrons. The number of hydrogen-bond donors (Lipinski definition) is 1. The molecule has 0 aliphatic heterocycles. The third-order valence-corrected chi connectivity index (χ3v) is 4.45. The van der Waals surface area contributed by atoms with Crippen LogP contribution in [0.25, 0.3) is 0 Å². The van der Waals surface area contributed by atoms with Crippen LogP contribution in [-0.4, -0.2) is 16.1 Å². The first-order valence-electron chi connectivity index (χ1n) is 7.63. The zero-order chi connectivity index (χ0) is 15.8. The number of amides is 1. The summed E-state index contributed by atoms with van der Waals surface area (Å²) in [6.45, 7) is 4.05. The van der Waals surface area contributed by atoms with Crippen LogP contribution in [0.2, 0.25) is 0 Å². The molecule has 0 saturated carbocycles. The molecule has 0 fully saturated rings. The van der Waals surface area contributed by atoms with E-state index in [4.69, 9.17) is 0 Å². The standard InChI is InChI=1S/C18H22N2OS/c1-3-9-16(15-10-5-4-6-11-15)20-18(21)14(2)22-17-12-7-8-13-19-17/h4-8,10-14,16H,3,9H2,1-2H3,(H,20,21). The fraction of sp³-hybridized carbons (Fsp3) is 0.333. The summed E-state index contributed by atoms with van der Waals surface area (Å²) in [6.07, 6.45) is 3.72. The number of rotatable bonds is 7. The topological polar surface area (TPSA) is 42.0 Å². The van der Waals surface area contributed by atoms with Crippen molar-refractivity contribution in [3.8, 4) is 0 Å². The average Bonchev–Trinajstić information content (AvgIpc) is 2.56. The fourth-order valence-electron chi connectivity index (χ4n) is 2.24. The minimum absolute atomic E-state index is 0.0537. The van der Waals surface area contributed by atoms with E-state index in [-0.39, 0.29) is 17.2 Å². The number of carbonyl (C=O) groups is 1. The maximum Gasteiger partial charge on any atom is 0.233 e. The molecule has 0 aliphatic rings. The summed E-state index contributed by atoms with van der Waals surface area (Å²) in [5.74, 6) is 0.0537. The second kappa shape index (κ2) is 8.59. The van der Waals surface area contributed by atoms with Crippen molar-refractivity contribution in [1.29, 1.82) is 0 Å². The van der Waals surface area contributed by atoms with Gasteiger partial charge in [-0.25, -0.2) is 4.98 Å². The van der Waals surface area contributed by atoms with Crippen LogP contribution in [0.15, 0.2) is 59.8 Å². The fourth-order valence-corrected chi connectivity index (χ4v) is 3.05. The number of nitrogens with one attached hydrogen (secondary N) is 1. The monoisotopic (exact) mass is 314 g/mol. The van der Waals surface area contributed by atoms with Crippen molar-refractivity contribution in [2.75, 3.05) is 0 Å². The van der Waals surface area contributed by atoms with Crippen LogP contribution in [0.4, 0.5) is 0 Å². The Bertz CT molecular complexity index is 574. The molecule has 4 heteroatoms. The maximum atomic E-state index is 12.4. The van der Waals surface area contributed by atoms with Gasteiger partial charge < -0.3 is 5.32 Å². The maximum absolute atomic E-state index is 12.4. The SMILES string of the molecule is CCCC(NC(=O)C(C)Sc1ccccn1)c1ccccc1. The van der Waals surface area contributed by atoms with Crippen LogP contribution in [0, 0.1) is 0 Å². The number of pyridine rings is 1. The lowest BCUT2D eigenvalue weighted by atomic mass is 10.0. The number of hydrogen-bond acceptors (Lipinski definition) is 3. The Morgan fingerprint density at radius 1 is 1.18 bits per heavy atom. The first-order chi connectivity index (χ1) is 10.7. The molecule has 22 heavy (non-hydrogen) atoms. The molecule has 1 amide bonds. The Morgan fingerprint density at radius 2 is 1.91 bits per heavy atom. The van der Waals surface area contributed by atoms with Crippen LogP contribution in [0.1, 0.15) is 38.3 Å². The Labute approximate surface area is 136 Å². The average molecular weight is 314 g/mol. The van der Waals surface area contributed by atoms with E-state index >= 15 is 0 Å². The lowest BCUT2D eigenvalue weighted by molar-refractivity contribution is -0.121. The van der Waals surface area contributed by atoms with Gasteiger partial charge in [-0.2, -0.15) is 0 Å². The Hall–Kier alpha value is -1.81. The highest BCUT2D eigenvalue weighted by Crippen LogP contribution is 2.23. The molecule has 1 aromatic carbocycles. The number of nitrogens with zero attached hydrogens (tertiary/aromatic N) is 1. The van der Waals surface area contributed by atoms with Crippen LogP contribution < -0.4 is 5.32 Å². The van der Waals surface area contributed by atoms with Gasteiger partial charge in [-0.05, 0) is 31.0 Å². The molecule has 0 bridgehead atoms. The summed E-state index contributed by atoms with van der Waals surface area (Å²) in [6, 6.07) is 16.0. The summed E-state index contributed by atoms with van der Waals surface area (Å²) >= 11 is 1.48. The van der Waals surface area contributed by atoms with Crippen LogP contribution in [-0.2, 0) is 4.79 Å². The van der Waals surface area contributed by atoms with Crippen molar-refractivity contribution in [3.05, 3.63) is 60.3 Å². The first-order valence-corrected chi connectivity index (χ1v) is 8.51. The zero-order valence-corrected chi connectivity index (χ0v) is 13.8. The van der Waals surface area contributed by atoms with E-state index < -0.39 is 0 Å². The number of aromatic nitrogens is 1. The van der Waals surface area contributed by atoms with E-state index in [1.807, 2.05) is 43.3 Å². The Morgan fingerprint density at radius 3 is 2.55 bits per heavy atom. The second-order valence-corrected chi connectivity index (χ2v) is 6.55. The van der Waals surface area contributed by atoms with Crippen molar-refractivity contribution < 1.29 is 4.79 Å². The van der Waals surface area contributed by atoms with Crippen molar-refractivity contribution in [1.82, 2.24) is 10.3 Å². The molecule has 0 saturated heterocycles. The summed E-state index contributed by atoms with van der Waals surface area (Å²) in [5.41, 5.74) is 1.16. The van der Waals surface area contributed by atoms with E-state index in [9.17, 15) is 4.79 Å². The lowest BCUT2D eigenvalue weighted by Gasteiger charge is -2.21. The highest BCUT2D eigenvalue weighted by molar-refractivity contribution is 8.00. The van der Waals surface area contributed by atoms with E-state index in [0.717, 1.165) is 23.4 Å². The molecule has 1 heterocycles. The third kappa shape index (κ3) is 4.88. The van der Waals surface area contributed by atoms with Gasteiger partial charge in [-0.3, -0.25) is 4.79 Å². The molecule has 0 radical (unpaired) electrons. The van der Waals surface area contributed by atoms with Gasteiger partial charge in [0.25, 0.3) is 0 Å². The molecule has 1 N–H and O–H groups in total. The minimum atomic E-state index is -0.169. The van der Waals surface area contributed by atoms with Gasteiger partial charge in [0.1, 0.15) is 0 Å². The van der Waals surface area contributed by atoms with Gasteiger partial charge in [-0.1, -0.05) is 61.5 Å². The molecule has 1 aromatic heterocycles. The molecular weight excluding hydrogens is 292 g/mol. The molecule has 2 rings (SSSR count). The molecule has 2 aromatic rings. The van der Waals surface area contributed by atoms with E-state index in [1.165, 1.54) is 11.8 Å². The van der Waals surface area contributed by atoms with Crippen LogP contribution in [0.3, 0.4) is 0 Å². The molecule has 0 spiro atoms. The van der Waals surface area contributed by atoms with Gasteiger partial charge in [0.2, 0.25) is 5.91 Å². The minimum Gasteiger partial charge on any atom is -0.348 e. The Balaban J connectivity index is 1.98. The first kappa shape index (κ1) is 16.6. The molecule has 2 unspecified atom stereocenters. The van der Waals surface area contributed by atoms with Crippen molar-refractivity contribution >= 4 is 17.7 Å². The quantitative estimate of drug-likeness (QED) is 0.778. The van der Waals surface area contributed by atoms with Gasteiger partial charge in [0.15, 0.2) is 0 Å². The van der Waals surface area contributed by atoms with Crippen LogP contribution >= 0.6 is 11.8 Å². The third-order valence-electron chi connectivity index (χ3n) is 3.40. The van der Waals surface area contributed by atoms with E-state index in [0.29, 0.717) is 0 Å². The second-order valence-electron chi connectivity index (χ2n) is 5.19. The summed E-state index contributed by atoms with van der Waals surface area (Å²) in [5, 5.41) is 3.87. The summed E-state index contributed by atoms with van der Waals surface area (Å²) < 4.78 is 0. The number of thioether (sulfide) groups is 1. The van der Waals surface area contributed by atoms with Gasteiger partial charge in [0.05, 0.1) is 16.3 Å². The predicted octanol–water partition coefficient (Wildman–Crippen LogP) is 4.22. The van der Waals surface area contributed by atoms with Crippen LogP contribution in [0.5, 0.6) is 0 Å². The molecule has 2 atom stereocenters. The van der Waals surface area contributed by atoms with Crippen molar-refractivity contribution in [2.24, 2.45) is 0 Å². The lowest BCUT2D eigenvalue weighted by Crippen LogP contribution is -2.34. The molecular formula is C18H22N2OS. The normalized spacial score (nSPS) is 13.4. The van der Waals surface area contributed by atoms with Gasteiger partial charge >= 0.3 is 0 Å². The molecule has 3 nitrogen and oxygen atoms in total. The van der Waals surface area contributed by atoms with Gasteiger partial charge in [-0.15, -0.1) is 0 Å². The van der Waals surface area contributed by atoms with Crippen molar-refractivity contribution in [2.45, 2.75) is 43.0 Å². The number of carbonyl (C=O) groups excluding carboxylic acids is 1. The zero-order valence-electron chi connectivity index (χ0n) is 13.0. The number of benzene rings is 1. The largest absolute Gasteiger partial charge is 0.348 e. The Kier molecular flexibility index (Phi) is 6.46. The smallest absolute Gasteiger partial charge is 0.233 e. The summed E-state index contributed by atoms with van der Waals surface area (Å²) in [7, 11) is 0. The predicted molar refractivity (Wildman–Crippen MR) is 91.8 cm³/mol. The van der Waals surface area contributed by atoms with Gasteiger partial charge in [0, 0.05) is 6.20 Å². The van der Waals surface area contributed by atoms with E-state index in [2.05, 4.69) is 29.4 Å². The molecule has 0 aliphatic carbocycles. The summed E-state index contributed by atoms with van der Waals surface area (Å²) in [4.78, 5) is 16.7. The highest BCUT2D eigenvalue weighted by atomic mass is 32.2. The van der Waals surface area contributed by atoms with Crippen molar-refractivity contribution in [3.63, 3.8) is 0 Å². The van der Waals surface area contributed by atoms with E-state index in [1.54, 1.807) is 6.20 Å².